The minimum Gasteiger partial charge on any atom is -0.383 e. The van der Waals surface area contributed by atoms with Gasteiger partial charge in [-0.2, -0.15) is 0 Å². The summed E-state index contributed by atoms with van der Waals surface area (Å²) in [7, 11) is 1.75. The van der Waals surface area contributed by atoms with Gasteiger partial charge in [-0.1, -0.05) is 0 Å². The standard InChI is InChI=1S/C13H26N4O2/c1-18-8-5-16-4-2-3-12(16)11-15-13(14)17-6-9-19-10-7-17/h12H,2-11H2,1H3,(H2,14,15). The fourth-order valence-electron chi connectivity index (χ4n) is 2.70. The molecule has 2 fully saturated rings. The molecule has 1 unspecified atom stereocenters. The topological polar surface area (TPSA) is 63.3 Å². The summed E-state index contributed by atoms with van der Waals surface area (Å²) in [6, 6.07) is 0.523. The second-order valence-corrected chi connectivity index (χ2v) is 5.12. The molecule has 0 spiro atoms. The maximum atomic E-state index is 6.05. The molecule has 2 aliphatic heterocycles. The molecule has 0 saturated carbocycles. The van der Waals surface area contributed by atoms with Crippen LogP contribution in [0.1, 0.15) is 12.8 Å². The van der Waals surface area contributed by atoms with E-state index in [0.717, 1.165) is 52.5 Å². The zero-order valence-electron chi connectivity index (χ0n) is 11.9. The SMILES string of the molecule is COCCN1CCCC1CN=C(N)N1CCOCC1. The van der Waals surface area contributed by atoms with Crippen LogP contribution >= 0.6 is 0 Å². The second-order valence-electron chi connectivity index (χ2n) is 5.12. The summed E-state index contributed by atoms with van der Waals surface area (Å²) in [5.74, 6) is 0.668. The molecule has 19 heavy (non-hydrogen) atoms. The van der Waals surface area contributed by atoms with Crippen LogP contribution in [0, 0.1) is 0 Å². The van der Waals surface area contributed by atoms with Gasteiger partial charge in [-0.05, 0) is 19.4 Å². The molecule has 2 heterocycles. The third-order valence-corrected chi connectivity index (χ3v) is 3.88. The molecule has 0 radical (unpaired) electrons. The van der Waals surface area contributed by atoms with Crippen LogP contribution in [0.5, 0.6) is 0 Å². The van der Waals surface area contributed by atoms with Crippen LogP contribution in [-0.4, -0.2) is 81.5 Å². The molecule has 6 nitrogen and oxygen atoms in total. The van der Waals surface area contributed by atoms with Gasteiger partial charge in [0.2, 0.25) is 0 Å². The molecule has 2 aliphatic rings. The Labute approximate surface area is 115 Å². The first-order chi connectivity index (χ1) is 9.31. The van der Waals surface area contributed by atoms with Crippen LogP contribution in [0.3, 0.4) is 0 Å². The fraction of sp³-hybridized carbons (Fsp3) is 0.923. The number of methoxy groups -OCH3 is 1. The highest BCUT2D eigenvalue weighted by Crippen LogP contribution is 2.17. The van der Waals surface area contributed by atoms with Crippen LogP contribution in [0.15, 0.2) is 4.99 Å². The summed E-state index contributed by atoms with van der Waals surface area (Å²) < 4.78 is 10.5. The van der Waals surface area contributed by atoms with E-state index in [9.17, 15) is 0 Å². The van der Waals surface area contributed by atoms with Gasteiger partial charge in [-0.3, -0.25) is 9.89 Å². The molecule has 6 heteroatoms. The Morgan fingerprint density at radius 1 is 1.37 bits per heavy atom. The first kappa shape index (κ1) is 14.6. The predicted octanol–water partition coefficient (Wildman–Crippen LogP) is -0.256. The monoisotopic (exact) mass is 270 g/mol. The van der Waals surface area contributed by atoms with E-state index in [4.69, 9.17) is 15.2 Å². The number of likely N-dealkylation sites (tertiary alicyclic amines) is 1. The van der Waals surface area contributed by atoms with Gasteiger partial charge in [0.1, 0.15) is 0 Å². The summed E-state index contributed by atoms with van der Waals surface area (Å²) in [4.78, 5) is 9.14. The number of hydrogen-bond donors (Lipinski definition) is 1. The molecule has 2 saturated heterocycles. The van der Waals surface area contributed by atoms with Crippen LogP contribution < -0.4 is 5.73 Å². The normalized spacial score (nSPS) is 26.1. The molecule has 0 aromatic rings. The lowest BCUT2D eigenvalue weighted by molar-refractivity contribution is 0.0673. The lowest BCUT2D eigenvalue weighted by Crippen LogP contribution is -2.45. The molecule has 0 aromatic carbocycles. The molecule has 0 amide bonds. The van der Waals surface area contributed by atoms with Crippen LogP contribution in [0.4, 0.5) is 0 Å². The van der Waals surface area contributed by atoms with Crippen LogP contribution in [0.2, 0.25) is 0 Å². The number of ether oxygens (including phenoxy) is 2. The minimum atomic E-state index is 0.523. The van der Waals surface area contributed by atoms with Crippen molar-refractivity contribution in [3.63, 3.8) is 0 Å². The highest BCUT2D eigenvalue weighted by Gasteiger charge is 2.24. The minimum absolute atomic E-state index is 0.523. The van der Waals surface area contributed by atoms with Gasteiger partial charge >= 0.3 is 0 Å². The van der Waals surface area contributed by atoms with Crippen molar-refractivity contribution < 1.29 is 9.47 Å². The van der Waals surface area contributed by atoms with E-state index in [1.165, 1.54) is 12.8 Å². The van der Waals surface area contributed by atoms with E-state index in [1.807, 2.05) is 0 Å². The second kappa shape index (κ2) is 7.67. The molecule has 2 rings (SSSR count). The number of nitrogens with two attached hydrogens (primary N) is 1. The fourth-order valence-corrected chi connectivity index (χ4v) is 2.70. The Morgan fingerprint density at radius 2 is 2.16 bits per heavy atom. The average molecular weight is 270 g/mol. The summed E-state index contributed by atoms with van der Waals surface area (Å²) >= 11 is 0. The average Bonchev–Trinajstić information content (AvgIpc) is 2.91. The number of morpholine rings is 1. The van der Waals surface area contributed by atoms with Crippen molar-refractivity contribution >= 4 is 5.96 Å². The van der Waals surface area contributed by atoms with Crippen molar-refractivity contribution in [1.29, 1.82) is 0 Å². The number of aliphatic imine (C=N–C) groups is 1. The number of nitrogens with zero attached hydrogens (tertiary/aromatic N) is 3. The maximum absolute atomic E-state index is 6.05. The Hall–Kier alpha value is -0.850. The van der Waals surface area contributed by atoms with Crippen molar-refractivity contribution in [2.45, 2.75) is 18.9 Å². The van der Waals surface area contributed by atoms with Crippen molar-refractivity contribution in [2.24, 2.45) is 10.7 Å². The van der Waals surface area contributed by atoms with E-state index in [0.29, 0.717) is 12.0 Å². The number of guanidine groups is 1. The van der Waals surface area contributed by atoms with Gasteiger partial charge in [-0.25, -0.2) is 0 Å². The van der Waals surface area contributed by atoms with Crippen molar-refractivity contribution in [1.82, 2.24) is 9.80 Å². The predicted molar refractivity (Wildman–Crippen MR) is 75.4 cm³/mol. The molecular formula is C13H26N4O2. The third-order valence-electron chi connectivity index (χ3n) is 3.88. The quantitative estimate of drug-likeness (QED) is 0.551. The first-order valence-corrected chi connectivity index (χ1v) is 7.17. The molecular weight excluding hydrogens is 244 g/mol. The van der Waals surface area contributed by atoms with Gasteiger partial charge in [0.05, 0.1) is 26.4 Å². The summed E-state index contributed by atoms with van der Waals surface area (Å²) in [6.07, 6.45) is 2.46. The largest absolute Gasteiger partial charge is 0.383 e. The van der Waals surface area contributed by atoms with Gasteiger partial charge in [0, 0.05) is 32.8 Å². The highest BCUT2D eigenvalue weighted by atomic mass is 16.5. The lowest BCUT2D eigenvalue weighted by Gasteiger charge is -2.28. The zero-order valence-corrected chi connectivity index (χ0v) is 11.9. The van der Waals surface area contributed by atoms with Crippen molar-refractivity contribution in [3.05, 3.63) is 0 Å². The van der Waals surface area contributed by atoms with Crippen LogP contribution in [0.25, 0.3) is 0 Å². The first-order valence-electron chi connectivity index (χ1n) is 7.17. The van der Waals surface area contributed by atoms with Gasteiger partial charge in [0.25, 0.3) is 0 Å². The summed E-state index contributed by atoms with van der Waals surface area (Å²) in [5.41, 5.74) is 6.05. The molecule has 2 N–H and O–H groups in total. The van der Waals surface area contributed by atoms with Crippen molar-refractivity contribution in [3.8, 4) is 0 Å². The molecule has 0 aliphatic carbocycles. The zero-order chi connectivity index (χ0) is 13.5. The van der Waals surface area contributed by atoms with Gasteiger partial charge in [-0.15, -0.1) is 0 Å². The van der Waals surface area contributed by atoms with Crippen molar-refractivity contribution in [2.75, 3.05) is 59.7 Å². The lowest BCUT2D eigenvalue weighted by atomic mass is 10.2. The number of rotatable bonds is 5. The van der Waals surface area contributed by atoms with Crippen LogP contribution in [-0.2, 0) is 9.47 Å². The van der Waals surface area contributed by atoms with E-state index >= 15 is 0 Å². The smallest absolute Gasteiger partial charge is 0.191 e. The summed E-state index contributed by atoms with van der Waals surface area (Å²) in [5, 5.41) is 0. The van der Waals surface area contributed by atoms with E-state index in [-0.39, 0.29) is 0 Å². The third kappa shape index (κ3) is 4.33. The van der Waals surface area contributed by atoms with Gasteiger partial charge < -0.3 is 20.1 Å². The molecule has 0 bridgehead atoms. The highest BCUT2D eigenvalue weighted by molar-refractivity contribution is 5.78. The Morgan fingerprint density at radius 3 is 2.89 bits per heavy atom. The molecule has 1 atom stereocenters. The van der Waals surface area contributed by atoms with E-state index in [2.05, 4.69) is 14.8 Å². The maximum Gasteiger partial charge on any atom is 0.191 e. The Bertz CT molecular complexity index is 292. The number of hydrogen-bond acceptors (Lipinski definition) is 4. The van der Waals surface area contributed by atoms with E-state index < -0.39 is 0 Å². The van der Waals surface area contributed by atoms with Gasteiger partial charge in [0.15, 0.2) is 5.96 Å². The molecule has 0 aromatic heterocycles. The Balaban J connectivity index is 1.78. The molecule has 110 valence electrons. The Kier molecular flexibility index (Phi) is 5.88. The van der Waals surface area contributed by atoms with E-state index in [1.54, 1.807) is 7.11 Å². The summed E-state index contributed by atoms with van der Waals surface area (Å²) in [6.45, 7) is 6.95.